The van der Waals surface area contributed by atoms with E-state index in [4.69, 9.17) is 23.2 Å². The number of nitrogens with one attached hydrogen (secondary N) is 1. The molecule has 0 saturated heterocycles. The van der Waals surface area contributed by atoms with E-state index in [1.807, 2.05) is 4.90 Å². The minimum absolute atomic E-state index is 0.0476. The Bertz CT molecular complexity index is 632. The van der Waals surface area contributed by atoms with Gasteiger partial charge in [0.15, 0.2) is 0 Å². The van der Waals surface area contributed by atoms with E-state index in [0.29, 0.717) is 27.6 Å². The first-order valence-electron chi connectivity index (χ1n) is 8.76. The lowest BCUT2D eigenvalue weighted by atomic mass is 9.93. The van der Waals surface area contributed by atoms with Crippen LogP contribution < -0.4 is 5.32 Å². The molecule has 2 aliphatic rings. The van der Waals surface area contributed by atoms with Gasteiger partial charge in [-0.3, -0.25) is 0 Å². The fourth-order valence-corrected chi connectivity index (χ4v) is 4.09. The maximum absolute atomic E-state index is 12.7. The summed E-state index contributed by atoms with van der Waals surface area (Å²) in [5.74, 6) is 1.97. The molecule has 1 N–H and O–H groups in total. The van der Waals surface area contributed by atoms with Crippen LogP contribution in [0.25, 0.3) is 0 Å². The van der Waals surface area contributed by atoms with Crippen molar-refractivity contribution in [3.63, 3.8) is 0 Å². The van der Waals surface area contributed by atoms with E-state index in [0.717, 1.165) is 31.8 Å². The largest absolute Gasteiger partial charge is 0.324 e. The van der Waals surface area contributed by atoms with Gasteiger partial charge in [0, 0.05) is 18.8 Å². The molecule has 1 aromatic rings. The van der Waals surface area contributed by atoms with E-state index in [1.54, 1.807) is 18.2 Å². The zero-order chi connectivity index (χ0) is 17.1. The van der Waals surface area contributed by atoms with Gasteiger partial charge in [-0.1, -0.05) is 48.7 Å². The maximum atomic E-state index is 12.7. The molecule has 3 unspecified atom stereocenters. The minimum atomic E-state index is -0.0476. The Kier molecular flexibility index (Phi) is 5.72. The van der Waals surface area contributed by atoms with Gasteiger partial charge in [-0.05, 0) is 55.2 Å². The number of fused-ring (bicyclic) bond motifs is 2. The molecule has 1 aromatic carbocycles. The molecule has 0 spiro atoms. The van der Waals surface area contributed by atoms with Crippen molar-refractivity contribution in [2.75, 3.05) is 18.4 Å². The van der Waals surface area contributed by atoms with Gasteiger partial charge in [0.05, 0.1) is 10.0 Å². The molecule has 5 heteroatoms. The highest BCUT2D eigenvalue weighted by molar-refractivity contribution is 6.42. The standard InChI is InChI=1S/C19H24Cl2N2O/c1-2-3-8-23(12-15-10-13-4-5-14(15)9-13)19(24)22-16-6-7-17(20)18(21)11-16/h4-7,11,13-15H,2-3,8-10,12H2,1H3,(H,22,24). The van der Waals surface area contributed by atoms with Crippen LogP contribution in [0.5, 0.6) is 0 Å². The van der Waals surface area contributed by atoms with Crippen LogP contribution in [0.3, 0.4) is 0 Å². The predicted octanol–water partition coefficient (Wildman–Crippen LogP) is 5.84. The molecule has 2 aliphatic carbocycles. The molecular formula is C19H24Cl2N2O. The second-order valence-electron chi connectivity index (χ2n) is 6.90. The van der Waals surface area contributed by atoms with Gasteiger partial charge in [-0.2, -0.15) is 0 Å². The number of carbonyl (C=O) groups is 1. The molecule has 0 aromatic heterocycles. The molecule has 2 bridgehead atoms. The van der Waals surface area contributed by atoms with E-state index in [2.05, 4.69) is 24.4 Å². The van der Waals surface area contributed by atoms with Crippen molar-refractivity contribution in [1.82, 2.24) is 4.90 Å². The molecule has 2 amide bonds. The number of nitrogens with zero attached hydrogens (tertiary/aromatic N) is 1. The van der Waals surface area contributed by atoms with Crippen LogP contribution in [-0.4, -0.2) is 24.0 Å². The van der Waals surface area contributed by atoms with E-state index < -0.39 is 0 Å². The summed E-state index contributed by atoms with van der Waals surface area (Å²) in [5, 5.41) is 3.91. The van der Waals surface area contributed by atoms with Crippen LogP contribution in [0.1, 0.15) is 32.6 Å². The van der Waals surface area contributed by atoms with Gasteiger partial charge in [0.25, 0.3) is 0 Å². The van der Waals surface area contributed by atoms with E-state index in [-0.39, 0.29) is 6.03 Å². The number of urea groups is 1. The molecule has 130 valence electrons. The minimum Gasteiger partial charge on any atom is -0.324 e. The monoisotopic (exact) mass is 366 g/mol. The lowest BCUT2D eigenvalue weighted by molar-refractivity contribution is 0.194. The summed E-state index contributed by atoms with van der Waals surface area (Å²) in [5.41, 5.74) is 0.684. The Labute approximate surface area is 154 Å². The number of unbranched alkanes of at least 4 members (excludes halogenated alkanes) is 1. The summed E-state index contributed by atoms with van der Waals surface area (Å²) in [4.78, 5) is 14.7. The zero-order valence-electron chi connectivity index (χ0n) is 14.0. The number of allylic oxidation sites excluding steroid dienone is 2. The fourth-order valence-electron chi connectivity index (χ4n) is 3.79. The number of benzene rings is 1. The predicted molar refractivity (Wildman–Crippen MR) is 101 cm³/mol. The highest BCUT2D eigenvalue weighted by Gasteiger charge is 2.37. The molecule has 1 saturated carbocycles. The lowest BCUT2D eigenvalue weighted by Gasteiger charge is -2.29. The first kappa shape index (κ1) is 17.6. The molecule has 0 heterocycles. The van der Waals surface area contributed by atoms with Gasteiger partial charge in [0.2, 0.25) is 0 Å². The van der Waals surface area contributed by atoms with Gasteiger partial charge in [0.1, 0.15) is 0 Å². The average Bonchev–Trinajstić information content (AvgIpc) is 3.17. The first-order valence-corrected chi connectivity index (χ1v) is 9.51. The summed E-state index contributed by atoms with van der Waals surface area (Å²) in [6.45, 7) is 3.77. The Morgan fingerprint density at radius 1 is 1.25 bits per heavy atom. The van der Waals surface area contributed by atoms with Crippen LogP contribution in [0.2, 0.25) is 10.0 Å². The summed E-state index contributed by atoms with van der Waals surface area (Å²) in [7, 11) is 0. The average molecular weight is 367 g/mol. The third-order valence-electron chi connectivity index (χ3n) is 5.11. The highest BCUT2D eigenvalue weighted by Crippen LogP contribution is 2.43. The topological polar surface area (TPSA) is 32.3 Å². The maximum Gasteiger partial charge on any atom is 0.321 e. The number of rotatable bonds is 6. The van der Waals surface area contributed by atoms with E-state index in [1.165, 1.54) is 12.8 Å². The summed E-state index contributed by atoms with van der Waals surface area (Å²) in [6, 6.07) is 5.13. The van der Waals surface area contributed by atoms with Crippen molar-refractivity contribution in [2.24, 2.45) is 17.8 Å². The Hall–Kier alpha value is -1.19. The molecule has 24 heavy (non-hydrogen) atoms. The van der Waals surface area contributed by atoms with E-state index >= 15 is 0 Å². The van der Waals surface area contributed by atoms with Crippen molar-refractivity contribution in [1.29, 1.82) is 0 Å². The summed E-state index contributed by atoms with van der Waals surface area (Å²) in [6.07, 6.45) is 9.25. The molecule has 3 rings (SSSR count). The molecule has 0 aliphatic heterocycles. The number of amides is 2. The number of hydrogen-bond donors (Lipinski definition) is 1. The molecule has 0 radical (unpaired) electrons. The van der Waals surface area contributed by atoms with Crippen molar-refractivity contribution in [3.8, 4) is 0 Å². The second kappa shape index (κ2) is 7.79. The fraction of sp³-hybridized carbons (Fsp3) is 0.526. The third-order valence-corrected chi connectivity index (χ3v) is 5.85. The highest BCUT2D eigenvalue weighted by atomic mass is 35.5. The summed E-state index contributed by atoms with van der Waals surface area (Å²) >= 11 is 12.0. The number of carbonyl (C=O) groups excluding carboxylic acids is 1. The molecule has 3 nitrogen and oxygen atoms in total. The normalized spacial score (nSPS) is 24.4. The van der Waals surface area contributed by atoms with Gasteiger partial charge in [-0.15, -0.1) is 0 Å². The van der Waals surface area contributed by atoms with Crippen molar-refractivity contribution < 1.29 is 4.79 Å². The molecular weight excluding hydrogens is 343 g/mol. The van der Waals surface area contributed by atoms with Crippen LogP contribution in [0.15, 0.2) is 30.4 Å². The van der Waals surface area contributed by atoms with E-state index in [9.17, 15) is 4.79 Å². The smallest absolute Gasteiger partial charge is 0.321 e. The van der Waals surface area contributed by atoms with Crippen molar-refractivity contribution >= 4 is 34.9 Å². The van der Waals surface area contributed by atoms with Gasteiger partial charge >= 0.3 is 6.03 Å². The number of halogens is 2. The van der Waals surface area contributed by atoms with Crippen LogP contribution in [0.4, 0.5) is 10.5 Å². The Morgan fingerprint density at radius 2 is 2.08 bits per heavy atom. The van der Waals surface area contributed by atoms with Gasteiger partial charge in [-0.25, -0.2) is 4.79 Å². The molecule has 1 fully saturated rings. The number of hydrogen-bond acceptors (Lipinski definition) is 1. The Balaban J connectivity index is 1.64. The quantitative estimate of drug-likeness (QED) is 0.630. The zero-order valence-corrected chi connectivity index (χ0v) is 15.5. The lowest BCUT2D eigenvalue weighted by Crippen LogP contribution is -2.40. The number of anilines is 1. The molecule has 3 atom stereocenters. The SMILES string of the molecule is CCCCN(CC1CC2C=CC1C2)C(=O)Nc1ccc(Cl)c(Cl)c1. The van der Waals surface area contributed by atoms with Gasteiger partial charge < -0.3 is 10.2 Å². The summed E-state index contributed by atoms with van der Waals surface area (Å²) < 4.78 is 0. The third kappa shape index (κ3) is 4.07. The first-order chi connectivity index (χ1) is 11.6. The van der Waals surface area contributed by atoms with Crippen molar-refractivity contribution in [3.05, 3.63) is 40.4 Å². The van der Waals surface area contributed by atoms with Crippen LogP contribution in [0, 0.1) is 17.8 Å². The van der Waals surface area contributed by atoms with Crippen LogP contribution in [-0.2, 0) is 0 Å². The van der Waals surface area contributed by atoms with Crippen molar-refractivity contribution in [2.45, 2.75) is 32.6 Å². The van der Waals surface area contributed by atoms with Crippen LogP contribution >= 0.6 is 23.2 Å². The Morgan fingerprint density at radius 3 is 2.71 bits per heavy atom. The second-order valence-corrected chi connectivity index (χ2v) is 7.71.